The predicted octanol–water partition coefficient (Wildman–Crippen LogP) is 5.70. The standard InChI is InChI=1S/C29H45BN2O4Si/c1-11-32-25-15-14-21(30(33)34)17-23(25)24(18-29(6,7)19-36-37(9,10)28(3,4)5)27(32)22-13-12-16-31-26(22)20(2)35-8/h12-17,20,33-34H,11,18-19H2,1-10H3/t20-/m0/s1. The highest BCUT2D eigenvalue weighted by atomic mass is 28.4. The van der Waals surface area contributed by atoms with Crippen LogP contribution in [0.1, 0.15) is 65.8 Å². The molecule has 8 heteroatoms. The first-order valence-corrected chi connectivity index (χ1v) is 16.2. The van der Waals surface area contributed by atoms with Crippen molar-refractivity contribution in [2.24, 2.45) is 5.41 Å². The molecule has 1 aromatic carbocycles. The third-order valence-electron chi connectivity index (χ3n) is 7.92. The maximum atomic E-state index is 9.96. The van der Waals surface area contributed by atoms with Crippen LogP contribution in [0.15, 0.2) is 36.5 Å². The lowest BCUT2D eigenvalue weighted by Crippen LogP contribution is -2.43. The van der Waals surface area contributed by atoms with E-state index in [9.17, 15) is 10.0 Å². The Morgan fingerprint density at radius 1 is 1.11 bits per heavy atom. The Labute approximate surface area is 224 Å². The highest BCUT2D eigenvalue weighted by molar-refractivity contribution is 6.74. The molecule has 37 heavy (non-hydrogen) atoms. The van der Waals surface area contributed by atoms with Crippen LogP contribution in [0, 0.1) is 5.41 Å². The molecule has 6 nitrogen and oxygen atoms in total. The van der Waals surface area contributed by atoms with Gasteiger partial charge in [0.2, 0.25) is 0 Å². The fraction of sp³-hybridized carbons (Fsp3) is 0.552. The summed E-state index contributed by atoms with van der Waals surface area (Å²) in [6, 6.07) is 9.79. The summed E-state index contributed by atoms with van der Waals surface area (Å²) in [5.74, 6) is 0. The summed E-state index contributed by atoms with van der Waals surface area (Å²) in [5, 5.41) is 21.1. The number of benzene rings is 1. The maximum absolute atomic E-state index is 9.96. The number of aryl methyl sites for hydroxylation is 1. The minimum absolute atomic E-state index is 0.138. The molecule has 0 bridgehead atoms. The van der Waals surface area contributed by atoms with E-state index in [2.05, 4.69) is 65.3 Å². The summed E-state index contributed by atoms with van der Waals surface area (Å²) in [6.07, 6.45) is 2.41. The fourth-order valence-electron chi connectivity index (χ4n) is 4.59. The quantitative estimate of drug-likeness (QED) is 0.333. The molecule has 0 aliphatic heterocycles. The summed E-state index contributed by atoms with van der Waals surface area (Å²) in [4.78, 5) is 4.71. The van der Waals surface area contributed by atoms with Gasteiger partial charge in [0.05, 0.1) is 17.5 Å². The van der Waals surface area contributed by atoms with Gasteiger partial charge in [-0.15, -0.1) is 0 Å². The minimum Gasteiger partial charge on any atom is -0.423 e. The topological polar surface area (TPSA) is 76.7 Å². The van der Waals surface area contributed by atoms with Crippen molar-refractivity contribution in [1.82, 2.24) is 9.55 Å². The van der Waals surface area contributed by atoms with Gasteiger partial charge in [-0.2, -0.15) is 0 Å². The minimum atomic E-state index is -1.92. The molecule has 3 rings (SSSR count). The van der Waals surface area contributed by atoms with E-state index in [1.807, 2.05) is 31.3 Å². The molecule has 0 amide bonds. The van der Waals surface area contributed by atoms with Crippen LogP contribution in [0.2, 0.25) is 18.1 Å². The van der Waals surface area contributed by atoms with Crippen LogP contribution < -0.4 is 5.46 Å². The van der Waals surface area contributed by atoms with Gasteiger partial charge in [0.25, 0.3) is 0 Å². The number of rotatable bonds is 10. The van der Waals surface area contributed by atoms with Gasteiger partial charge in [0.1, 0.15) is 0 Å². The van der Waals surface area contributed by atoms with E-state index in [0.29, 0.717) is 12.1 Å². The first-order valence-electron chi connectivity index (χ1n) is 13.3. The highest BCUT2D eigenvalue weighted by Crippen LogP contribution is 2.42. The normalized spacial score (nSPS) is 13.8. The van der Waals surface area contributed by atoms with Gasteiger partial charge in [-0.3, -0.25) is 4.98 Å². The first-order chi connectivity index (χ1) is 17.1. The molecule has 0 unspecified atom stereocenters. The van der Waals surface area contributed by atoms with Crippen LogP contribution in [0.4, 0.5) is 0 Å². The van der Waals surface area contributed by atoms with Crippen molar-refractivity contribution < 1.29 is 19.2 Å². The summed E-state index contributed by atoms with van der Waals surface area (Å²) in [5.41, 5.74) is 5.60. The number of methoxy groups -OCH3 is 1. The average molecular weight is 525 g/mol. The van der Waals surface area contributed by atoms with Crippen LogP contribution in [0.5, 0.6) is 0 Å². The fourth-order valence-corrected chi connectivity index (χ4v) is 5.78. The molecule has 2 N–H and O–H groups in total. The molecule has 0 saturated heterocycles. The van der Waals surface area contributed by atoms with Crippen LogP contribution in [0.3, 0.4) is 0 Å². The molecule has 0 aliphatic rings. The Bertz CT molecular complexity index is 1230. The van der Waals surface area contributed by atoms with Gasteiger partial charge in [-0.25, -0.2) is 0 Å². The summed E-state index contributed by atoms with van der Waals surface area (Å²) < 4.78 is 14.7. The molecule has 0 saturated carbocycles. The Kier molecular flexibility index (Phi) is 8.82. The molecule has 0 fully saturated rings. The van der Waals surface area contributed by atoms with E-state index in [1.165, 1.54) is 5.56 Å². The van der Waals surface area contributed by atoms with E-state index >= 15 is 0 Å². The van der Waals surface area contributed by atoms with E-state index in [4.69, 9.17) is 14.1 Å². The molecule has 0 spiro atoms. The van der Waals surface area contributed by atoms with Crippen molar-refractivity contribution in [3.63, 3.8) is 0 Å². The number of hydrogen-bond donors (Lipinski definition) is 2. The first kappa shape index (κ1) is 29.6. The van der Waals surface area contributed by atoms with Crippen molar-refractivity contribution in [1.29, 1.82) is 0 Å². The van der Waals surface area contributed by atoms with Crippen LogP contribution in [-0.4, -0.2) is 48.8 Å². The van der Waals surface area contributed by atoms with Crippen molar-refractivity contribution in [2.75, 3.05) is 13.7 Å². The SMILES string of the molecule is CCn1c(-c2cccnc2[C@H](C)OC)c(CC(C)(C)CO[Si](C)(C)C(C)(C)C)c2cc(B(O)O)ccc21. The summed E-state index contributed by atoms with van der Waals surface area (Å²) >= 11 is 0. The lowest BCUT2D eigenvalue weighted by molar-refractivity contribution is 0.116. The number of pyridine rings is 1. The zero-order valence-corrected chi connectivity index (χ0v) is 25.3. The van der Waals surface area contributed by atoms with Crippen molar-refractivity contribution in [3.05, 3.63) is 47.8 Å². The molecule has 1 atom stereocenters. The lowest BCUT2D eigenvalue weighted by Gasteiger charge is -2.39. The third-order valence-corrected chi connectivity index (χ3v) is 12.4. The molecule has 0 radical (unpaired) electrons. The zero-order valence-electron chi connectivity index (χ0n) is 24.3. The number of nitrogens with zero attached hydrogens (tertiary/aromatic N) is 2. The molecule has 3 aromatic rings. The molecular formula is C29H45BN2O4Si. The summed E-state index contributed by atoms with van der Waals surface area (Å²) in [7, 11) is -1.74. The van der Waals surface area contributed by atoms with Gasteiger partial charge < -0.3 is 23.8 Å². The van der Waals surface area contributed by atoms with Crippen LogP contribution in [-0.2, 0) is 22.1 Å². The molecule has 202 valence electrons. The average Bonchev–Trinajstić information content (AvgIpc) is 3.13. The predicted molar refractivity (Wildman–Crippen MR) is 157 cm³/mol. The second-order valence-electron chi connectivity index (χ2n) is 12.4. The van der Waals surface area contributed by atoms with E-state index in [1.54, 1.807) is 13.2 Å². The largest absolute Gasteiger partial charge is 0.488 e. The Morgan fingerprint density at radius 2 is 1.78 bits per heavy atom. The van der Waals surface area contributed by atoms with Crippen molar-refractivity contribution in [3.8, 4) is 11.3 Å². The number of hydrogen-bond acceptors (Lipinski definition) is 5. The second kappa shape index (κ2) is 11.0. The Hall–Kier alpha value is -1.97. The van der Waals surface area contributed by atoms with Crippen molar-refractivity contribution >= 4 is 31.8 Å². The van der Waals surface area contributed by atoms with Crippen molar-refractivity contribution in [2.45, 2.75) is 85.7 Å². The Balaban J connectivity index is 2.23. The lowest BCUT2D eigenvalue weighted by atomic mass is 9.78. The third kappa shape index (κ3) is 6.20. The molecule has 2 aromatic heterocycles. The van der Waals surface area contributed by atoms with Crippen LogP contribution >= 0.6 is 0 Å². The summed E-state index contributed by atoms with van der Waals surface area (Å²) in [6.45, 7) is 21.5. The molecule has 0 aliphatic carbocycles. The van der Waals surface area contributed by atoms with Gasteiger partial charge in [-0.05, 0) is 73.0 Å². The number of aromatic nitrogens is 2. The van der Waals surface area contributed by atoms with Gasteiger partial charge in [-0.1, -0.05) is 46.8 Å². The van der Waals surface area contributed by atoms with Gasteiger partial charge in [0.15, 0.2) is 8.32 Å². The number of fused-ring (bicyclic) bond motifs is 1. The van der Waals surface area contributed by atoms with E-state index < -0.39 is 15.4 Å². The van der Waals surface area contributed by atoms with Crippen LogP contribution in [0.25, 0.3) is 22.2 Å². The smallest absolute Gasteiger partial charge is 0.423 e. The maximum Gasteiger partial charge on any atom is 0.488 e. The Morgan fingerprint density at radius 3 is 2.35 bits per heavy atom. The van der Waals surface area contributed by atoms with Gasteiger partial charge >= 0.3 is 7.12 Å². The molecule has 2 heterocycles. The monoisotopic (exact) mass is 524 g/mol. The van der Waals surface area contributed by atoms with Gasteiger partial charge in [0, 0.05) is 42.9 Å². The number of ether oxygens (including phenoxy) is 1. The zero-order chi connectivity index (χ0) is 27.8. The molecular weight excluding hydrogens is 479 g/mol. The highest BCUT2D eigenvalue weighted by Gasteiger charge is 2.39. The van der Waals surface area contributed by atoms with E-state index in [0.717, 1.165) is 40.8 Å². The second-order valence-corrected chi connectivity index (χ2v) is 17.2. The van der Waals surface area contributed by atoms with E-state index in [-0.39, 0.29) is 16.6 Å².